The van der Waals surface area contributed by atoms with Gasteiger partial charge in [0.05, 0.1) is 6.61 Å². The maximum absolute atomic E-state index is 12.0. The van der Waals surface area contributed by atoms with E-state index < -0.39 is 5.97 Å². The lowest BCUT2D eigenvalue weighted by molar-refractivity contribution is 0.0522. The molecule has 7 heteroatoms. The molecule has 2 heterocycles. The number of carbonyl (C=O) groups excluding carboxylic acids is 1. The molecular weight excluding hydrogens is 310 g/mol. The number of rotatable bonds is 6. The second kappa shape index (κ2) is 7.36. The molecule has 3 rings (SSSR count). The van der Waals surface area contributed by atoms with Gasteiger partial charge in [0, 0.05) is 12.6 Å². The number of ether oxygens (including phenoxy) is 2. The summed E-state index contributed by atoms with van der Waals surface area (Å²) in [5.74, 6) is -0.245. The maximum atomic E-state index is 12.0. The molecule has 0 fully saturated rings. The molecule has 2 aromatic heterocycles. The molecule has 1 aromatic carbocycles. The van der Waals surface area contributed by atoms with E-state index in [1.165, 1.54) is 6.20 Å². The standard InChI is InChI=1S/C17H15N3O4/c1-2-22-17(21)13-9-6-10-18-15(13)23-16-14(19-24-20-16)11-12-7-4-3-5-8-12/h3-10H,2,11H2,1H3. The van der Waals surface area contributed by atoms with E-state index in [1.807, 2.05) is 30.3 Å². The summed E-state index contributed by atoms with van der Waals surface area (Å²) < 4.78 is 15.4. The first-order valence-electron chi connectivity index (χ1n) is 7.43. The molecule has 0 radical (unpaired) electrons. The number of esters is 1. The monoisotopic (exact) mass is 325 g/mol. The number of nitrogens with zero attached hydrogens (tertiary/aromatic N) is 3. The van der Waals surface area contributed by atoms with Crippen LogP contribution in [0.4, 0.5) is 0 Å². The zero-order chi connectivity index (χ0) is 16.8. The van der Waals surface area contributed by atoms with Gasteiger partial charge in [0.25, 0.3) is 5.88 Å². The van der Waals surface area contributed by atoms with Crippen molar-refractivity contribution in [2.24, 2.45) is 0 Å². The molecule has 0 amide bonds. The first-order valence-corrected chi connectivity index (χ1v) is 7.43. The van der Waals surface area contributed by atoms with Crippen LogP contribution < -0.4 is 4.74 Å². The molecule has 24 heavy (non-hydrogen) atoms. The fourth-order valence-corrected chi connectivity index (χ4v) is 2.10. The first kappa shape index (κ1) is 15.7. The highest BCUT2D eigenvalue weighted by atomic mass is 16.6. The summed E-state index contributed by atoms with van der Waals surface area (Å²) in [6.07, 6.45) is 2.00. The summed E-state index contributed by atoms with van der Waals surface area (Å²) in [5, 5.41) is 7.62. The molecule has 0 saturated heterocycles. The van der Waals surface area contributed by atoms with Crippen LogP contribution in [0.5, 0.6) is 11.8 Å². The van der Waals surface area contributed by atoms with E-state index in [1.54, 1.807) is 19.1 Å². The van der Waals surface area contributed by atoms with Gasteiger partial charge in [-0.1, -0.05) is 35.5 Å². The Bertz CT molecular complexity index is 817. The summed E-state index contributed by atoms with van der Waals surface area (Å²) >= 11 is 0. The second-order valence-electron chi connectivity index (χ2n) is 4.86. The summed E-state index contributed by atoms with van der Waals surface area (Å²) in [5.41, 5.74) is 1.76. The smallest absolute Gasteiger partial charge is 0.343 e. The fourth-order valence-electron chi connectivity index (χ4n) is 2.10. The van der Waals surface area contributed by atoms with Crippen LogP contribution in [-0.4, -0.2) is 27.9 Å². The Kier molecular flexibility index (Phi) is 4.81. The van der Waals surface area contributed by atoms with Gasteiger partial charge in [0.1, 0.15) is 5.56 Å². The van der Waals surface area contributed by atoms with Crippen molar-refractivity contribution < 1.29 is 18.9 Å². The molecular formula is C17H15N3O4. The first-order chi connectivity index (χ1) is 11.8. The second-order valence-corrected chi connectivity index (χ2v) is 4.86. The Morgan fingerprint density at radius 3 is 2.71 bits per heavy atom. The summed E-state index contributed by atoms with van der Waals surface area (Å²) in [6, 6.07) is 12.9. The van der Waals surface area contributed by atoms with Gasteiger partial charge in [0.15, 0.2) is 5.69 Å². The fraction of sp³-hybridized carbons (Fsp3) is 0.176. The minimum absolute atomic E-state index is 0.0981. The van der Waals surface area contributed by atoms with E-state index in [-0.39, 0.29) is 23.9 Å². The molecule has 0 unspecified atom stereocenters. The van der Waals surface area contributed by atoms with Crippen LogP contribution in [-0.2, 0) is 11.2 Å². The topological polar surface area (TPSA) is 87.3 Å². The quantitative estimate of drug-likeness (QED) is 0.644. The summed E-state index contributed by atoms with van der Waals surface area (Å²) in [6.45, 7) is 1.99. The SMILES string of the molecule is CCOC(=O)c1cccnc1Oc1nonc1Cc1ccccc1. The van der Waals surface area contributed by atoms with Crippen LogP contribution in [0, 0.1) is 0 Å². The van der Waals surface area contributed by atoms with Crippen LogP contribution in [0.3, 0.4) is 0 Å². The number of benzene rings is 1. The Labute approximate surface area is 138 Å². The third kappa shape index (κ3) is 3.57. The molecule has 0 saturated carbocycles. The predicted molar refractivity (Wildman–Crippen MR) is 83.8 cm³/mol. The minimum Gasteiger partial charge on any atom is -0.462 e. The van der Waals surface area contributed by atoms with Crippen LogP contribution in [0.1, 0.15) is 28.5 Å². The minimum atomic E-state index is -0.512. The van der Waals surface area contributed by atoms with Gasteiger partial charge in [-0.2, -0.15) is 0 Å². The van der Waals surface area contributed by atoms with E-state index in [4.69, 9.17) is 14.1 Å². The Balaban J connectivity index is 1.83. The molecule has 3 aromatic rings. The molecule has 0 bridgehead atoms. The Hall–Kier alpha value is -3.22. The van der Waals surface area contributed by atoms with Crippen molar-refractivity contribution in [3.8, 4) is 11.8 Å². The Morgan fingerprint density at radius 2 is 1.92 bits per heavy atom. The van der Waals surface area contributed by atoms with Crippen molar-refractivity contribution in [2.45, 2.75) is 13.3 Å². The molecule has 0 aliphatic carbocycles. The highest BCUT2D eigenvalue weighted by Crippen LogP contribution is 2.25. The number of pyridine rings is 1. The summed E-state index contributed by atoms with van der Waals surface area (Å²) in [4.78, 5) is 16.0. The van der Waals surface area contributed by atoms with Crippen molar-refractivity contribution in [1.29, 1.82) is 0 Å². The molecule has 0 N–H and O–H groups in total. The highest BCUT2D eigenvalue weighted by Gasteiger charge is 2.19. The van der Waals surface area contributed by atoms with Crippen LogP contribution in [0.15, 0.2) is 53.3 Å². The van der Waals surface area contributed by atoms with Crippen molar-refractivity contribution in [3.05, 3.63) is 65.5 Å². The molecule has 122 valence electrons. The van der Waals surface area contributed by atoms with Crippen LogP contribution >= 0.6 is 0 Å². The number of hydrogen-bond acceptors (Lipinski definition) is 7. The van der Waals surface area contributed by atoms with Crippen molar-refractivity contribution in [3.63, 3.8) is 0 Å². The van der Waals surface area contributed by atoms with Crippen LogP contribution in [0.2, 0.25) is 0 Å². The van der Waals surface area contributed by atoms with Gasteiger partial charge in [-0.15, -0.1) is 0 Å². The van der Waals surface area contributed by atoms with E-state index >= 15 is 0 Å². The van der Waals surface area contributed by atoms with E-state index in [2.05, 4.69) is 15.3 Å². The third-order valence-corrected chi connectivity index (χ3v) is 3.20. The van der Waals surface area contributed by atoms with Gasteiger partial charge in [-0.25, -0.2) is 14.4 Å². The molecule has 0 aliphatic heterocycles. The number of hydrogen-bond donors (Lipinski definition) is 0. The van der Waals surface area contributed by atoms with Crippen molar-refractivity contribution in [1.82, 2.24) is 15.3 Å². The predicted octanol–water partition coefficient (Wildman–Crippen LogP) is 3.02. The zero-order valence-electron chi connectivity index (χ0n) is 13.0. The van der Waals surface area contributed by atoms with E-state index in [0.717, 1.165) is 5.56 Å². The maximum Gasteiger partial charge on any atom is 0.343 e. The Morgan fingerprint density at radius 1 is 1.08 bits per heavy atom. The molecule has 0 spiro atoms. The average molecular weight is 325 g/mol. The molecule has 0 aliphatic rings. The average Bonchev–Trinajstić information content (AvgIpc) is 3.03. The lowest BCUT2D eigenvalue weighted by atomic mass is 10.1. The van der Waals surface area contributed by atoms with E-state index in [9.17, 15) is 4.79 Å². The summed E-state index contributed by atoms with van der Waals surface area (Å²) in [7, 11) is 0. The molecule has 0 atom stereocenters. The van der Waals surface area contributed by atoms with Gasteiger partial charge < -0.3 is 9.47 Å². The normalized spacial score (nSPS) is 10.4. The lowest BCUT2D eigenvalue weighted by Gasteiger charge is -2.07. The molecule has 7 nitrogen and oxygen atoms in total. The lowest BCUT2D eigenvalue weighted by Crippen LogP contribution is -2.07. The van der Waals surface area contributed by atoms with Gasteiger partial charge in [0.2, 0.25) is 5.88 Å². The number of aromatic nitrogens is 3. The van der Waals surface area contributed by atoms with E-state index in [0.29, 0.717) is 12.1 Å². The zero-order valence-corrected chi connectivity index (χ0v) is 13.0. The van der Waals surface area contributed by atoms with Gasteiger partial charge in [-0.05, 0) is 29.8 Å². The highest BCUT2D eigenvalue weighted by molar-refractivity contribution is 5.91. The van der Waals surface area contributed by atoms with Crippen molar-refractivity contribution >= 4 is 5.97 Å². The van der Waals surface area contributed by atoms with Gasteiger partial charge in [-0.3, -0.25) is 0 Å². The van der Waals surface area contributed by atoms with Crippen molar-refractivity contribution in [2.75, 3.05) is 6.61 Å². The third-order valence-electron chi connectivity index (χ3n) is 3.20. The number of carbonyl (C=O) groups is 1. The van der Waals surface area contributed by atoms with Crippen LogP contribution in [0.25, 0.3) is 0 Å². The van der Waals surface area contributed by atoms with Gasteiger partial charge >= 0.3 is 5.97 Å². The largest absolute Gasteiger partial charge is 0.462 e.